The van der Waals surface area contributed by atoms with Gasteiger partial charge in [-0.1, -0.05) is 70.9 Å². The third kappa shape index (κ3) is 11.9. The van der Waals surface area contributed by atoms with Crippen LogP contribution in [0.25, 0.3) is 11.1 Å². The van der Waals surface area contributed by atoms with Crippen LogP contribution in [0.2, 0.25) is 0 Å². The van der Waals surface area contributed by atoms with Gasteiger partial charge in [0.2, 0.25) is 0 Å². The number of unbranched alkanes of at least 4 members (excludes halogenated alkanes) is 2. The Hall–Kier alpha value is -3.58. The van der Waals surface area contributed by atoms with Gasteiger partial charge in [0.05, 0.1) is 0 Å². The van der Waals surface area contributed by atoms with Crippen LogP contribution >= 0.6 is 0 Å². The third-order valence-corrected chi connectivity index (χ3v) is 8.95. The van der Waals surface area contributed by atoms with E-state index >= 15 is 0 Å². The van der Waals surface area contributed by atoms with Crippen LogP contribution in [0.3, 0.4) is 0 Å². The zero-order valence-corrected chi connectivity index (χ0v) is 29.2. The fraction of sp³-hybridized carbons (Fsp3) is 0.550. The first-order valence-corrected chi connectivity index (χ1v) is 17.5. The average Bonchev–Trinajstić information content (AvgIpc) is 3.07. The lowest BCUT2D eigenvalue weighted by atomic mass is 9.76. The average molecular weight is 649 g/mol. The Balaban J connectivity index is 1.90. The number of ether oxygens (including phenoxy) is 4. The Morgan fingerprint density at radius 3 is 1.98 bits per heavy atom. The van der Waals surface area contributed by atoms with Gasteiger partial charge in [0.1, 0.15) is 37.9 Å². The fourth-order valence-corrected chi connectivity index (χ4v) is 6.24. The van der Waals surface area contributed by atoms with Gasteiger partial charge in [0.25, 0.3) is 0 Å². The summed E-state index contributed by atoms with van der Waals surface area (Å²) in [6, 6.07) is 10.8. The maximum atomic E-state index is 11.9. The van der Waals surface area contributed by atoms with E-state index in [2.05, 4.69) is 45.2 Å². The number of carbonyl (C=O) groups excluding carboxylic acids is 2. The Labute approximate surface area is 282 Å². The van der Waals surface area contributed by atoms with Gasteiger partial charge in [-0.2, -0.15) is 0 Å². The molecule has 1 N–H and O–H groups in total. The lowest BCUT2D eigenvalue weighted by molar-refractivity contribution is -0.140. The SMILES string of the molecule is C=C(C)C(=O)OCCOc1cc(-c2ccc(C3CCC(CCCCC)CC3)cc2CC)c(OCCOC(=O)C(=C)C)cc1CCCO. The van der Waals surface area contributed by atoms with Crippen LogP contribution in [0.4, 0.5) is 0 Å². The highest BCUT2D eigenvalue weighted by Gasteiger charge is 2.24. The molecule has 0 aliphatic heterocycles. The Morgan fingerprint density at radius 2 is 1.40 bits per heavy atom. The number of carbonyl (C=O) groups is 2. The molecule has 0 amide bonds. The topological polar surface area (TPSA) is 91.3 Å². The second-order valence-corrected chi connectivity index (χ2v) is 12.8. The zero-order valence-electron chi connectivity index (χ0n) is 29.2. The molecule has 0 heterocycles. The normalized spacial score (nSPS) is 15.9. The molecule has 7 nitrogen and oxygen atoms in total. The molecule has 7 heteroatoms. The highest BCUT2D eigenvalue weighted by Crippen LogP contribution is 2.42. The standard InChI is InChI=1S/C40H56O7/c1-7-9-10-12-30-14-16-32(17-15-30)33-18-19-35(31(8-2)25-33)36-27-37(44-21-23-46-39(42)28(3)4)34(13-11-20-41)26-38(36)45-22-24-47-40(43)29(5)6/h18-19,25-27,30,32,41H,3,5,7-17,20-24H2,1-2,4,6H3. The Morgan fingerprint density at radius 1 is 0.766 bits per heavy atom. The Kier molecular flexibility index (Phi) is 16.1. The summed E-state index contributed by atoms with van der Waals surface area (Å²) in [5.41, 5.74) is 6.12. The monoisotopic (exact) mass is 648 g/mol. The number of aryl methyl sites for hydroxylation is 2. The van der Waals surface area contributed by atoms with Crippen molar-refractivity contribution < 1.29 is 33.6 Å². The van der Waals surface area contributed by atoms with Crippen LogP contribution in [0.5, 0.6) is 11.5 Å². The van der Waals surface area contributed by atoms with Gasteiger partial charge in [0, 0.05) is 23.3 Å². The number of aliphatic hydroxyl groups excluding tert-OH is 1. The molecule has 47 heavy (non-hydrogen) atoms. The van der Waals surface area contributed by atoms with E-state index < -0.39 is 11.9 Å². The van der Waals surface area contributed by atoms with Gasteiger partial charge in [-0.05, 0) is 105 Å². The van der Waals surface area contributed by atoms with Crippen LogP contribution in [0.15, 0.2) is 54.6 Å². The van der Waals surface area contributed by atoms with Gasteiger partial charge in [0.15, 0.2) is 0 Å². The number of hydrogen-bond donors (Lipinski definition) is 1. The highest BCUT2D eigenvalue weighted by atomic mass is 16.6. The first-order chi connectivity index (χ1) is 22.7. The summed E-state index contributed by atoms with van der Waals surface area (Å²) < 4.78 is 23.0. The largest absolute Gasteiger partial charge is 0.490 e. The smallest absolute Gasteiger partial charge is 0.333 e. The van der Waals surface area contributed by atoms with Crippen LogP contribution in [-0.4, -0.2) is 50.1 Å². The van der Waals surface area contributed by atoms with E-state index in [1.807, 2.05) is 12.1 Å². The minimum Gasteiger partial charge on any atom is -0.490 e. The molecule has 258 valence electrons. The molecular weight excluding hydrogens is 592 g/mol. The van der Waals surface area contributed by atoms with Gasteiger partial charge in [-0.15, -0.1) is 0 Å². The molecule has 3 rings (SSSR count). The molecule has 0 radical (unpaired) electrons. The third-order valence-electron chi connectivity index (χ3n) is 8.95. The minimum absolute atomic E-state index is 0.0343. The molecule has 1 aliphatic carbocycles. The molecule has 1 saturated carbocycles. The number of hydrogen-bond acceptors (Lipinski definition) is 7. The highest BCUT2D eigenvalue weighted by molar-refractivity contribution is 5.87. The zero-order chi connectivity index (χ0) is 34.2. The van der Waals surface area contributed by atoms with E-state index in [0.29, 0.717) is 41.4 Å². The molecular formula is C40H56O7. The molecule has 2 aromatic carbocycles. The lowest BCUT2D eigenvalue weighted by Crippen LogP contribution is -2.14. The minimum atomic E-state index is -0.455. The molecule has 1 aliphatic rings. The van der Waals surface area contributed by atoms with Gasteiger partial charge in [-0.3, -0.25) is 0 Å². The van der Waals surface area contributed by atoms with E-state index in [-0.39, 0.29) is 33.0 Å². The summed E-state index contributed by atoms with van der Waals surface area (Å²) in [5, 5.41) is 9.59. The molecule has 0 bridgehead atoms. The summed E-state index contributed by atoms with van der Waals surface area (Å²) in [4.78, 5) is 23.8. The maximum Gasteiger partial charge on any atom is 0.333 e. The summed E-state index contributed by atoms with van der Waals surface area (Å²) in [6.07, 6.45) is 12.4. The van der Waals surface area contributed by atoms with Crippen LogP contribution in [-0.2, 0) is 31.9 Å². The van der Waals surface area contributed by atoms with Crippen LogP contribution in [0, 0.1) is 5.92 Å². The Bertz CT molecular complexity index is 1340. The molecule has 1 fully saturated rings. The van der Waals surface area contributed by atoms with E-state index in [1.54, 1.807) is 13.8 Å². The second kappa shape index (κ2) is 19.9. The second-order valence-electron chi connectivity index (χ2n) is 12.8. The predicted molar refractivity (Wildman–Crippen MR) is 188 cm³/mol. The van der Waals surface area contributed by atoms with Crippen molar-refractivity contribution in [2.45, 2.75) is 104 Å². The lowest BCUT2D eigenvalue weighted by Gasteiger charge is -2.29. The van der Waals surface area contributed by atoms with E-state index in [1.165, 1.54) is 62.5 Å². The van der Waals surface area contributed by atoms with E-state index in [0.717, 1.165) is 29.0 Å². The summed E-state index contributed by atoms with van der Waals surface area (Å²) in [7, 11) is 0. The van der Waals surface area contributed by atoms with E-state index in [9.17, 15) is 14.7 Å². The van der Waals surface area contributed by atoms with Crippen molar-refractivity contribution >= 4 is 11.9 Å². The first kappa shape index (κ1) is 37.9. The van der Waals surface area contributed by atoms with Crippen molar-refractivity contribution in [1.29, 1.82) is 0 Å². The van der Waals surface area contributed by atoms with Crippen molar-refractivity contribution in [3.8, 4) is 22.6 Å². The summed E-state index contributed by atoms with van der Waals surface area (Å²) >= 11 is 0. The van der Waals surface area contributed by atoms with Gasteiger partial charge >= 0.3 is 11.9 Å². The summed E-state index contributed by atoms with van der Waals surface area (Å²) in [6.45, 7) is 15.5. The fourth-order valence-electron chi connectivity index (χ4n) is 6.24. The number of benzene rings is 2. The van der Waals surface area contributed by atoms with Crippen LogP contribution in [0.1, 0.15) is 108 Å². The van der Waals surface area contributed by atoms with Gasteiger partial charge in [-0.25, -0.2) is 9.59 Å². The molecule has 0 saturated heterocycles. The van der Waals surface area contributed by atoms with Crippen molar-refractivity contribution in [3.63, 3.8) is 0 Å². The molecule has 0 unspecified atom stereocenters. The van der Waals surface area contributed by atoms with Crippen molar-refractivity contribution in [2.75, 3.05) is 33.0 Å². The van der Waals surface area contributed by atoms with Crippen molar-refractivity contribution in [3.05, 3.63) is 71.3 Å². The molecule has 2 aromatic rings. The maximum absolute atomic E-state index is 11.9. The summed E-state index contributed by atoms with van der Waals surface area (Å²) in [5.74, 6) is 1.84. The van der Waals surface area contributed by atoms with Crippen molar-refractivity contribution in [1.82, 2.24) is 0 Å². The van der Waals surface area contributed by atoms with Crippen molar-refractivity contribution in [2.24, 2.45) is 5.92 Å². The molecule has 0 atom stereocenters. The quantitative estimate of drug-likeness (QED) is 0.0873. The number of rotatable bonds is 20. The number of aliphatic hydroxyl groups is 1. The van der Waals surface area contributed by atoms with Crippen LogP contribution < -0.4 is 9.47 Å². The molecule has 0 aromatic heterocycles. The van der Waals surface area contributed by atoms with E-state index in [4.69, 9.17) is 18.9 Å². The first-order valence-electron chi connectivity index (χ1n) is 17.5. The predicted octanol–water partition coefficient (Wildman–Crippen LogP) is 8.69. The van der Waals surface area contributed by atoms with Gasteiger partial charge < -0.3 is 24.1 Å². The number of esters is 2. The molecule has 0 spiro atoms.